The largest absolute Gasteiger partial charge is 0.480 e. The van der Waals surface area contributed by atoms with Crippen molar-refractivity contribution >= 4 is 12.0 Å². The number of carbonyl (C=O) groups is 2. The van der Waals surface area contributed by atoms with Gasteiger partial charge in [-0.1, -0.05) is 0 Å². The van der Waals surface area contributed by atoms with Crippen LogP contribution in [0.25, 0.3) is 0 Å². The molecule has 2 unspecified atom stereocenters. The number of rotatable bonds is 3. The van der Waals surface area contributed by atoms with E-state index in [4.69, 9.17) is 9.84 Å². The van der Waals surface area contributed by atoms with Crippen molar-refractivity contribution in [2.75, 3.05) is 27.2 Å². The summed E-state index contributed by atoms with van der Waals surface area (Å²) in [5, 5.41) is 8.97. The van der Waals surface area contributed by atoms with E-state index in [1.165, 1.54) is 7.11 Å². The molecule has 1 saturated heterocycles. The van der Waals surface area contributed by atoms with Crippen molar-refractivity contribution in [3.63, 3.8) is 0 Å². The highest BCUT2D eigenvalue weighted by Crippen LogP contribution is 2.23. The first-order chi connectivity index (χ1) is 8.65. The second-order valence-electron chi connectivity index (χ2n) is 4.35. The van der Waals surface area contributed by atoms with Crippen LogP contribution >= 0.6 is 0 Å². The van der Waals surface area contributed by atoms with Crippen molar-refractivity contribution in [2.24, 2.45) is 0 Å². The van der Waals surface area contributed by atoms with E-state index in [1.54, 1.807) is 0 Å². The van der Waals surface area contributed by atoms with Crippen LogP contribution < -0.4 is 0 Å². The Morgan fingerprint density at radius 3 is 2.47 bits per heavy atom. The minimum Gasteiger partial charge on any atom is -0.480 e. The van der Waals surface area contributed by atoms with Crippen molar-refractivity contribution < 1.29 is 32.6 Å². The Hall–Kier alpha value is -1.51. The Morgan fingerprint density at radius 1 is 1.47 bits per heavy atom. The summed E-state index contributed by atoms with van der Waals surface area (Å²) in [5.41, 5.74) is 0. The average Bonchev–Trinajstić information content (AvgIpc) is 2.69. The van der Waals surface area contributed by atoms with Crippen molar-refractivity contribution in [2.45, 2.75) is 24.7 Å². The quantitative estimate of drug-likeness (QED) is 0.831. The molecule has 2 amide bonds. The minimum absolute atomic E-state index is 0.0332. The number of carbonyl (C=O) groups excluding carboxylic acids is 1. The molecule has 0 saturated carbocycles. The highest BCUT2D eigenvalue weighted by molar-refractivity contribution is 5.83. The molecule has 6 nitrogen and oxygen atoms in total. The van der Waals surface area contributed by atoms with Gasteiger partial charge in [0.2, 0.25) is 0 Å². The van der Waals surface area contributed by atoms with Crippen molar-refractivity contribution in [1.29, 1.82) is 0 Å². The van der Waals surface area contributed by atoms with Crippen LogP contribution in [0.3, 0.4) is 0 Å². The van der Waals surface area contributed by atoms with Gasteiger partial charge in [-0.15, -0.1) is 0 Å². The predicted molar refractivity (Wildman–Crippen MR) is 57.6 cm³/mol. The number of hydrogen-bond donors (Lipinski definition) is 1. The van der Waals surface area contributed by atoms with E-state index in [9.17, 15) is 22.8 Å². The summed E-state index contributed by atoms with van der Waals surface area (Å²) >= 11 is 0. The Morgan fingerprint density at radius 2 is 2.05 bits per heavy atom. The molecule has 1 aliphatic rings. The number of methoxy groups -OCH3 is 1. The molecular weight excluding hydrogens is 269 g/mol. The van der Waals surface area contributed by atoms with E-state index < -0.39 is 36.9 Å². The van der Waals surface area contributed by atoms with Gasteiger partial charge in [0.25, 0.3) is 0 Å². The van der Waals surface area contributed by atoms with Crippen molar-refractivity contribution in [3.8, 4) is 0 Å². The van der Waals surface area contributed by atoms with Crippen LogP contribution in [0.1, 0.15) is 6.42 Å². The summed E-state index contributed by atoms with van der Waals surface area (Å²) in [6, 6.07) is -2.13. The maximum Gasteiger partial charge on any atom is 0.406 e. The summed E-state index contributed by atoms with van der Waals surface area (Å²) in [6.45, 7) is -1.46. The predicted octanol–water partition coefficient (Wildman–Crippen LogP) is 0.774. The second kappa shape index (κ2) is 5.64. The van der Waals surface area contributed by atoms with Gasteiger partial charge in [0.1, 0.15) is 12.6 Å². The third-order valence-corrected chi connectivity index (χ3v) is 2.87. The fraction of sp³-hybridized carbons (Fsp3) is 0.800. The maximum absolute atomic E-state index is 12.2. The first-order valence-electron chi connectivity index (χ1n) is 5.49. The number of carboxylic acid groups (broad SMARTS) is 1. The molecule has 0 radical (unpaired) electrons. The molecule has 19 heavy (non-hydrogen) atoms. The van der Waals surface area contributed by atoms with Crippen LogP contribution in [0, 0.1) is 0 Å². The lowest BCUT2D eigenvalue weighted by Crippen LogP contribution is -2.49. The number of likely N-dealkylation sites (tertiary alicyclic amines) is 1. The van der Waals surface area contributed by atoms with Gasteiger partial charge in [-0.2, -0.15) is 13.2 Å². The van der Waals surface area contributed by atoms with Gasteiger partial charge in [0.15, 0.2) is 0 Å². The molecule has 0 aromatic rings. The van der Waals surface area contributed by atoms with Gasteiger partial charge in [0.05, 0.1) is 6.10 Å². The Bertz CT molecular complexity index is 361. The molecule has 1 fully saturated rings. The molecule has 0 aliphatic carbocycles. The van der Waals surface area contributed by atoms with Gasteiger partial charge < -0.3 is 19.6 Å². The fourth-order valence-corrected chi connectivity index (χ4v) is 1.97. The normalized spacial score (nSPS) is 23.5. The van der Waals surface area contributed by atoms with Crippen LogP contribution in [0.4, 0.5) is 18.0 Å². The third-order valence-electron chi connectivity index (χ3n) is 2.87. The molecule has 0 bridgehead atoms. The summed E-state index contributed by atoms with van der Waals surface area (Å²) in [6.07, 6.45) is -4.94. The Labute approximate surface area is 107 Å². The number of hydrogen-bond acceptors (Lipinski definition) is 3. The van der Waals surface area contributed by atoms with Gasteiger partial charge >= 0.3 is 18.2 Å². The van der Waals surface area contributed by atoms with Crippen LogP contribution in [0.15, 0.2) is 0 Å². The Balaban J connectivity index is 2.76. The third kappa shape index (κ3) is 3.98. The summed E-state index contributed by atoms with van der Waals surface area (Å²) < 4.78 is 41.6. The molecule has 110 valence electrons. The fourth-order valence-electron chi connectivity index (χ4n) is 1.97. The molecule has 0 aromatic carbocycles. The Kier molecular flexibility index (Phi) is 4.61. The molecular formula is C10H15F3N2O4. The van der Waals surface area contributed by atoms with E-state index in [1.807, 2.05) is 0 Å². The summed E-state index contributed by atoms with van der Waals surface area (Å²) in [4.78, 5) is 24.2. The second-order valence-corrected chi connectivity index (χ2v) is 4.35. The monoisotopic (exact) mass is 284 g/mol. The summed E-state index contributed by atoms with van der Waals surface area (Å²) in [5.74, 6) is -1.26. The molecule has 0 spiro atoms. The van der Waals surface area contributed by atoms with E-state index in [0.717, 1.165) is 11.9 Å². The highest BCUT2D eigenvalue weighted by atomic mass is 19.4. The number of nitrogens with zero attached hydrogens (tertiary/aromatic N) is 2. The zero-order valence-corrected chi connectivity index (χ0v) is 10.5. The number of carboxylic acids is 1. The lowest BCUT2D eigenvalue weighted by atomic mass is 10.2. The molecule has 1 aliphatic heterocycles. The van der Waals surface area contributed by atoms with Gasteiger partial charge in [0, 0.05) is 27.1 Å². The van der Waals surface area contributed by atoms with Crippen molar-refractivity contribution in [3.05, 3.63) is 0 Å². The number of halogens is 3. The number of amides is 2. The standard InChI is InChI=1S/C10H15F3N2O4/c1-14(5-10(11,12)13)9(18)15-4-6(19-2)3-7(15)8(16)17/h6-7H,3-5H2,1-2H3,(H,16,17). The first kappa shape index (κ1) is 15.5. The first-order valence-corrected chi connectivity index (χ1v) is 5.49. The number of ether oxygens (including phenoxy) is 1. The summed E-state index contributed by atoms with van der Waals surface area (Å²) in [7, 11) is 2.34. The van der Waals surface area contributed by atoms with Gasteiger partial charge in [-0.3, -0.25) is 0 Å². The molecule has 0 aromatic heterocycles. The highest BCUT2D eigenvalue weighted by Gasteiger charge is 2.42. The maximum atomic E-state index is 12.2. The van der Waals surface area contributed by atoms with E-state index in [0.29, 0.717) is 4.90 Å². The topological polar surface area (TPSA) is 70.1 Å². The molecule has 1 heterocycles. The van der Waals surface area contributed by atoms with Gasteiger partial charge in [-0.05, 0) is 0 Å². The zero-order chi connectivity index (χ0) is 14.8. The van der Waals surface area contributed by atoms with E-state index >= 15 is 0 Å². The smallest absolute Gasteiger partial charge is 0.406 e. The zero-order valence-electron chi connectivity index (χ0n) is 10.5. The lowest BCUT2D eigenvalue weighted by molar-refractivity contribution is -0.142. The molecule has 1 N–H and O–H groups in total. The van der Waals surface area contributed by atoms with Crippen LogP contribution in [0.2, 0.25) is 0 Å². The number of aliphatic carboxylic acids is 1. The molecule has 2 atom stereocenters. The SMILES string of the molecule is COC1CC(C(=O)O)N(C(=O)N(C)CC(F)(F)F)C1. The lowest BCUT2D eigenvalue weighted by Gasteiger charge is -2.28. The van der Waals surface area contributed by atoms with E-state index in [-0.39, 0.29) is 13.0 Å². The molecule has 9 heteroatoms. The van der Waals surface area contributed by atoms with Crippen LogP contribution in [-0.2, 0) is 9.53 Å². The van der Waals surface area contributed by atoms with Crippen LogP contribution in [-0.4, -0.2) is 72.5 Å². The minimum atomic E-state index is -4.52. The van der Waals surface area contributed by atoms with Crippen LogP contribution in [0.5, 0.6) is 0 Å². The van der Waals surface area contributed by atoms with Crippen molar-refractivity contribution in [1.82, 2.24) is 9.80 Å². The number of alkyl halides is 3. The number of urea groups is 1. The molecule has 1 rings (SSSR count). The van der Waals surface area contributed by atoms with E-state index in [2.05, 4.69) is 0 Å². The van der Waals surface area contributed by atoms with Gasteiger partial charge in [-0.25, -0.2) is 9.59 Å². The average molecular weight is 284 g/mol.